The normalized spacial score (nSPS) is 16.4. The van der Waals surface area contributed by atoms with Gasteiger partial charge in [0, 0.05) is 0 Å². The molecular weight excluding hydrogens is 144 g/mol. The van der Waals surface area contributed by atoms with Crippen LogP contribution in [0.5, 0.6) is 0 Å². The van der Waals surface area contributed by atoms with Crippen molar-refractivity contribution < 1.29 is 4.74 Å². The first kappa shape index (κ1) is 10.8. The summed E-state index contributed by atoms with van der Waals surface area (Å²) in [6.45, 7) is 0.956. The van der Waals surface area contributed by atoms with E-state index in [4.69, 9.17) is 16.2 Å². The molecule has 5 nitrogen and oxygen atoms in total. The Hall–Kier alpha value is -0.200. The van der Waals surface area contributed by atoms with E-state index in [1.807, 2.05) is 0 Å². The second-order valence-corrected chi connectivity index (χ2v) is 2.33. The summed E-state index contributed by atoms with van der Waals surface area (Å²) in [4.78, 5) is 0. The van der Waals surface area contributed by atoms with Crippen LogP contribution in [0.3, 0.4) is 0 Å². The van der Waals surface area contributed by atoms with Crippen LogP contribution in [0.1, 0.15) is 0 Å². The van der Waals surface area contributed by atoms with Gasteiger partial charge in [-0.2, -0.15) is 0 Å². The van der Waals surface area contributed by atoms with Gasteiger partial charge in [0.05, 0.1) is 25.5 Å². The zero-order valence-corrected chi connectivity index (χ0v) is 7.13. The molecular formula is C6H18N4O. The molecule has 0 amide bonds. The first-order chi connectivity index (χ1) is 5.20. The monoisotopic (exact) mass is 162 g/mol. The summed E-state index contributed by atoms with van der Waals surface area (Å²) in [6.07, 6.45) is -0.224. The van der Waals surface area contributed by atoms with Crippen molar-refractivity contribution in [1.29, 1.82) is 0 Å². The number of rotatable bonds is 6. The fourth-order valence-electron chi connectivity index (χ4n) is 0.489. The Bertz CT molecular complexity index is 80.7. The van der Waals surface area contributed by atoms with Crippen molar-refractivity contribution in [2.24, 2.45) is 11.5 Å². The lowest BCUT2D eigenvalue weighted by Gasteiger charge is -2.13. The summed E-state index contributed by atoms with van der Waals surface area (Å²) in [5.41, 5.74) is 11.0. The van der Waals surface area contributed by atoms with Crippen molar-refractivity contribution in [2.45, 2.75) is 12.3 Å². The highest BCUT2D eigenvalue weighted by Gasteiger charge is 2.00. The lowest BCUT2D eigenvalue weighted by molar-refractivity contribution is 0.0978. The minimum Gasteiger partial charge on any atom is -0.375 e. The number of likely N-dealkylation sites (N-methyl/N-ethyl adjacent to an activating group) is 2. The zero-order chi connectivity index (χ0) is 8.69. The third-order valence-corrected chi connectivity index (χ3v) is 1.34. The molecule has 68 valence electrons. The molecule has 0 aromatic rings. The lowest BCUT2D eigenvalue weighted by atomic mass is 10.5. The van der Waals surface area contributed by atoms with E-state index in [0.717, 1.165) is 0 Å². The summed E-state index contributed by atoms with van der Waals surface area (Å²) < 4.78 is 5.16. The van der Waals surface area contributed by atoms with E-state index in [1.54, 1.807) is 14.1 Å². The minimum absolute atomic E-state index is 0.112. The zero-order valence-electron chi connectivity index (χ0n) is 7.13. The Balaban J connectivity index is 3.13. The van der Waals surface area contributed by atoms with E-state index in [9.17, 15) is 0 Å². The highest BCUT2D eigenvalue weighted by molar-refractivity contribution is 4.55. The van der Waals surface area contributed by atoms with E-state index in [2.05, 4.69) is 10.6 Å². The van der Waals surface area contributed by atoms with Crippen molar-refractivity contribution >= 4 is 0 Å². The maximum atomic E-state index is 5.50. The molecule has 0 aromatic carbocycles. The van der Waals surface area contributed by atoms with Crippen molar-refractivity contribution in [3.8, 4) is 0 Å². The molecule has 0 aliphatic rings. The van der Waals surface area contributed by atoms with Gasteiger partial charge in [-0.05, 0) is 14.1 Å². The molecule has 0 heterocycles. The second kappa shape index (κ2) is 6.51. The van der Waals surface area contributed by atoms with Crippen molar-refractivity contribution in [3.63, 3.8) is 0 Å². The van der Waals surface area contributed by atoms with Gasteiger partial charge >= 0.3 is 0 Å². The summed E-state index contributed by atoms with van der Waals surface area (Å²) in [5, 5.41) is 5.70. The van der Waals surface area contributed by atoms with Gasteiger partial charge in [0.15, 0.2) is 0 Å². The predicted octanol–water partition coefficient (Wildman–Crippen LogP) is -1.99. The summed E-state index contributed by atoms with van der Waals surface area (Å²) >= 11 is 0. The summed E-state index contributed by atoms with van der Waals surface area (Å²) in [6, 6.07) is 0. The quantitative estimate of drug-likeness (QED) is 0.340. The summed E-state index contributed by atoms with van der Waals surface area (Å²) in [5.74, 6) is 0. The fourth-order valence-corrected chi connectivity index (χ4v) is 0.489. The van der Waals surface area contributed by atoms with Crippen LogP contribution in [0.2, 0.25) is 0 Å². The molecule has 5 heteroatoms. The maximum absolute atomic E-state index is 5.50. The Labute approximate surface area is 67.5 Å². The Kier molecular flexibility index (Phi) is 6.39. The van der Waals surface area contributed by atoms with Crippen LogP contribution in [0.25, 0.3) is 0 Å². The van der Waals surface area contributed by atoms with Crippen LogP contribution in [0.4, 0.5) is 0 Å². The first-order valence-corrected chi connectivity index (χ1v) is 3.64. The van der Waals surface area contributed by atoms with Crippen molar-refractivity contribution in [1.82, 2.24) is 10.6 Å². The van der Waals surface area contributed by atoms with Gasteiger partial charge in [-0.3, -0.25) is 0 Å². The van der Waals surface area contributed by atoms with Crippen molar-refractivity contribution in [3.05, 3.63) is 0 Å². The van der Waals surface area contributed by atoms with Crippen LogP contribution in [-0.2, 0) is 4.74 Å². The molecule has 11 heavy (non-hydrogen) atoms. The van der Waals surface area contributed by atoms with Crippen LogP contribution < -0.4 is 22.1 Å². The molecule has 0 radical (unpaired) electrons. The number of nitrogens with two attached hydrogens (primary N) is 2. The molecule has 0 saturated carbocycles. The molecule has 0 rings (SSSR count). The van der Waals surface area contributed by atoms with Gasteiger partial charge in [-0.15, -0.1) is 0 Å². The molecule has 2 atom stereocenters. The highest BCUT2D eigenvalue weighted by atomic mass is 16.5. The van der Waals surface area contributed by atoms with Crippen LogP contribution in [0, 0.1) is 0 Å². The molecule has 2 unspecified atom stereocenters. The Morgan fingerprint density at radius 1 is 1.09 bits per heavy atom. The molecule has 6 N–H and O–H groups in total. The SMILES string of the molecule is CNC(N)COCC(N)NC. The van der Waals surface area contributed by atoms with Gasteiger partial charge in [0.25, 0.3) is 0 Å². The smallest absolute Gasteiger partial charge is 0.0785 e. The predicted molar refractivity (Wildman–Crippen MR) is 44.9 cm³/mol. The van der Waals surface area contributed by atoms with Gasteiger partial charge < -0.3 is 26.8 Å². The minimum atomic E-state index is -0.112. The topological polar surface area (TPSA) is 85.3 Å². The molecule has 0 aliphatic carbocycles. The van der Waals surface area contributed by atoms with Crippen LogP contribution in [0.15, 0.2) is 0 Å². The number of hydrogen-bond donors (Lipinski definition) is 4. The fraction of sp³-hybridized carbons (Fsp3) is 1.00. The average molecular weight is 162 g/mol. The van der Waals surface area contributed by atoms with E-state index >= 15 is 0 Å². The van der Waals surface area contributed by atoms with Crippen LogP contribution >= 0.6 is 0 Å². The third-order valence-electron chi connectivity index (χ3n) is 1.34. The van der Waals surface area contributed by atoms with Gasteiger partial charge in [0.2, 0.25) is 0 Å². The molecule has 0 spiro atoms. The highest BCUT2D eigenvalue weighted by Crippen LogP contribution is 1.78. The molecule has 0 fully saturated rings. The lowest BCUT2D eigenvalue weighted by Crippen LogP contribution is -2.43. The maximum Gasteiger partial charge on any atom is 0.0785 e. The van der Waals surface area contributed by atoms with Gasteiger partial charge in [-0.1, -0.05) is 0 Å². The Morgan fingerprint density at radius 2 is 1.45 bits per heavy atom. The van der Waals surface area contributed by atoms with E-state index < -0.39 is 0 Å². The number of hydrogen-bond acceptors (Lipinski definition) is 5. The van der Waals surface area contributed by atoms with Gasteiger partial charge in [-0.25, -0.2) is 0 Å². The van der Waals surface area contributed by atoms with Gasteiger partial charge in [0.1, 0.15) is 0 Å². The van der Waals surface area contributed by atoms with E-state index in [0.29, 0.717) is 13.2 Å². The Morgan fingerprint density at radius 3 is 1.73 bits per heavy atom. The van der Waals surface area contributed by atoms with E-state index in [-0.39, 0.29) is 12.3 Å². The number of ether oxygens (including phenoxy) is 1. The van der Waals surface area contributed by atoms with Crippen LogP contribution in [-0.4, -0.2) is 39.6 Å². The van der Waals surface area contributed by atoms with Crippen molar-refractivity contribution in [2.75, 3.05) is 27.3 Å². The summed E-state index contributed by atoms with van der Waals surface area (Å²) in [7, 11) is 3.57. The first-order valence-electron chi connectivity index (χ1n) is 3.64. The average Bonchev–Trinajstić information content (AvgIpc) is 2.04. The third kappa shape index (κ3) is 6.21. The second-order valence-electron chi connectivity index (χ2n) is 2.33. The molecule has 0 aromatic heterocycles. The number of nitrogens with one attached hydrogen (secondary N) is 2. The standard InChI is InChI=1S/C6H18N4O/c1-9-5(7)3-11-4-6(8)10-2/h5-6,9-10H,3-4,7-8H2,1-2H3. The molecule has 0 aliphatic heterocycles. The van der Waals surface area contributed by atoms with E-state index in [1.165, 1.54) is 0 Å². The largest absolute Gasteiger partial charge is 0.375 e. The molecule has 0 bridgehead atoms. The molecule has 0 saturated heterocycles.